The van der Waals surface area contributed by atoms with Crippen LogP contribution in [0.15, 0.2) is 32.3 Å². The molecule has 0 aromatic carbocycles. The van der Waals surface area contributed by atoms with Gasteiger partial charge in [0.1, 0.15) is 0 Å². The van der Waals surface area contributed by atoms with Crippen LogP contribution < -0.4 is 10.5 Å². The Morgan fingerprint density at radius 3 is 2.68 bits per heavy atom. The zero-order chi connectivity index (χ0) is 13.9. The minimum absolute atomic E-state index is 0.297. The number of hydrogen-bond donors (Lipinski definition) is 2. The molecule has 104 valence electrons. The normalized spacial score (nSPS) is 11.9. The van der Waals surface area contributed by atoms with Crippen LogP contribution in [0, 0.1) is 0 Å². The molecule has 2 aromatic heterocycles. The van der Waals surface area contributed by atoms with E-state index in [4.69, 9.17) is 5.73 Å². The van der Waals surface area contributed by atoms with Crippen molar-refractivity contribution in [2.45, 2.75) is 17.9 Å². The number of nitrogens with two attached hydrogens (primary N) is 1. The Morgan fingerprint density at radius 2 is 2.11 bits per heavy atom. The van der Waals surface area contributed by atoms with Crippen molar-refractivity contribution in [3.05, 3.63) is 37.1 Å². The van der Waals surface area contributed by atoms with E-state index >= 15 is 0 Å². The highest BCUT2D eigenvalue weighted by atomic mass is 79.9. The fourth-order valence-corrected chi connectivity index (χ4v) is 5.16. The monoisotopic (exact) mass is 380 g/mol. The molecule has 0 amide bonds. The van der Waals surface area contributed by atoms with Gasteiger partial charge < -0.3 is 5.73 Å². The minimum Gasteiger partial charge on any atom is -0.326 e. The topological polar surface area (TPSA) is 72.2 Å². The van der Waals surface area contributed by atoms with E-state index in [-0.39, 0.29) is 0 Å². The van der Waals surface area contributed by atoms with Gasteiger partial charge in [-0.05, 0) is 40.5 Å². The van der Waals surface area contributed by atoms with Crippen LogP contribution in [-0.2, 0) is 23.0 Å². The number of sulfonamides is 1. The molecule has 0 aliphatic rings. The van der Waals surface area contributed by atoms with E-state index in [1.807, 2.05) is 12.1 Å². The third-order valence-corrected chi connectivity index (χ3v) is 6.67. The van der Waals surface area contributed by atoms with Crippen molar-refractivity contribution in [1.82, 2.24) is 4.72 Å². The summed E-state index contributed by atoms with van der Waals surface area (Å²) in [4.78, 5) is 2.30. The molecule has 19 heavy (non-hydrogen) atoms. The lowest BCUT2D eigenvalue weighted by Crippen LogP contribution is -2.25. The highest BCUT2D eigenvalue weighted by molar-refractivity contribution is 9.11. The first-order chi connectivity index (χ1) is 9.01. The smallest absolute Gasteiger partial charge is 0.241 e. The van der Waals surface area contributed by atoms with Crippen LogP contribution in [0.4, 0.5) is 0 Å². The summed E-state index contributed by atoms with van der Waals surface area (Å²) in [7, 11) is -3.42. The van der Waals surface area contributed by atoms with Crippen LogP contribution in [-0.4, -0.2) is 15.0 Å². The average molecular weight is 381 g/mol. The molecule has 0 bridgehead atoms. The summed E-state index contributed by atoms with van der Waals surface area (Å²) in [5, 5.41) is 1.62. The van der Waals surface area contributed by atoms with Crippen molar-refractivity contribution in [3.63, 3.8) is 0 Å². The Morgan fingerprint density at radius 1 is 1.32 bits per heavy atom. The fraction of sp³-hybridized carbons (Fsp3) is 0.273. The lowest BCUT2D eigenvalue weighted by molar-refractivity contribution is 0.582. The van der Waals surface area contributed by atoms with Crippen molar-refractivity contribution >= 4 is 48.6 Å². The minimum atomic E-state index is -3.42. The second-order valence-corrected chi connectivity index (χ2v) is 9.12. The SMILES string of the molecule is NCc1cc(S(=O)(=O)NCCc2ccc(Br)s2)cs1. The molecule has 0 unspecified atom stereocenters. The quantitative estimate of drug-likeness (QED) is 0.808. The highest BCUT2D eigenvalue weighted by Gasteiger charge is 2.15. The van der Waals surface area contributed by atoms with Gasteiger partial charge in [0, 0.05) is 28.2 Å². The van der Waals surface area contributed by atoms with E-state index in [1.165, 1.54) is 11.3 Å². The molecule has 0 fully saturated rings. The molecule has 0 atom stereocenters. The van der Waals surface area contributed by atoms with Crippen LogP contribution in [0.3, 0.4) is 0 Å². The van der Waals surface area contributed by atoms with Gasteiger partial charge in [0.2, 0.25) is 10.0 Å². The predicted molar refractivity (Wildman–Crippen MR) is 83.1 cm³/mol. The van der Waals surface area contributed by atoms with Crippen molar-refractivity contribution in [1.29, 1.82) is 0 Å². The molecule has 0 radical (unpaired) electrons. The molecule has 3 N–H and O–H groups in total. The van der Waals surface area contributed by atoms with E-state index < -0.39 is 10.0 Å². The molecule has 0 aliphatic carbocycles. The third kappa shape index (κ3) is 4.11. The second-order valence-electron chi connectivity index (χ2n) is 3.81. The summed E-state index contributed by atoms with van der Waals surface area (Å²) in [5.41, 5.74) is 5.48. The molecule has 2 rings (SSSR count). The van der Waals surface area contributed by atoms with Gasteiger partial charge in [-0.3, -0.25) is 0 Å². The summed E-state index contributed by atoms with van der Waals surface area (Å²) in [5.74, 6) is 0. The third-order valence-electron chi connectivity index (χ3n) is 2.43. The maximum atomic E-state index is 12.0. The lowest BCUT2D eigenvalue weighted by Gasteiger charge is -2.03. The van der Waals surface area contributed by atoms with Crippen LogP contribution >= 0.6 is 38.6 Å². The maximum absolute atomic E-state index is 12.0. The second kappa shape index (κ2) is 6.47. The Kier molecular flexibility index (Phi) is 5.15. The molecule has 4 nitrogen and oxygen atoms in total. The Bertz CT molecular complexity index is 648. The molecule has 2 aromatic rings. The molecule has 8 heteroatoms. The van der Waals surface area contributed by atoms with E-state index in [2.05, 4.69) is 20.7 Å². The Hall–Kier alpha value is -0.250. The first-order valence-electron chi connectivity index (χ1n) is 5.52. The zero-order valence-electron chi connectivity index (χ0n) is 9.93. The molecule has 0 saturated heterocycles. The molecule has 0 spiro atoms. The van der Waals surface area contributed by atoms with Gasteiger partial charge in [-0.2, -0.15) is 0 Å². The average Bonchev–Trinajstić information content (AvgIpc) is 2.98. The Balaban J connectivity index is 1.94. The molecular weight excluding hydrogens is 368 g/mol. The van der Waals surface area contributed by atoms with E-state index in [1.54, 1.807) is 22.8 Å². The van der Waals surface area contributed by atoms with E-state index in [0.29, 0.717) is 24.4 Å². The van der Waals surface area contributed by atoms with Crippen LogP contribution in [0.5, 0.6) is 0 Å². The Labute approximate surface area is 128 Å². The molecule has 2 heterocycles. The zero-order valence-corrected chi connectivity index (χ0v) is 14.0. The van der Waals surface area contributed by atoms with Crippen LogP contribution in [0.2, 0.25) is 0 Å². The standard InChI is InChI=1S/C11H13BrN2O2S3/c12-11-2-1-8(18-11)3-4-14-19(15,16)10-5-9(6-13)17-7-10/h1-2,5,7,14H,3-4,6,13H2. The van der Waals surface area contributed by atoms with Crippen LogP contribution in [0.25, 0.3) is 0 Å². The highest BCUT2D eigenvalue weighted by Crippen LogP contribution is 2.22. The summed E-state index contributed by atoms with van der Waals surface area (Å²) < 4.78 is 27.7. The van der Waals surface area contributed by atoms with Gasteiger partial charge >= 0.3 is 0 Å². The summed E-state index contributed by atoms with van der Waals surface area (Å²) in [6.07, 6.45) is 0.684. The van der Waals surface area contributed by atoms with Gasteiger partial charge in [0.25, 0.3) is 0 Å². The van der Waals surface area contributed by atoms with E-state index in [9.17, 15) is 8.42 Å². The largest absolute Gasteiger partial charge is 0.326 e. The van der Waals surface area contributed by atoms with Crippen molar-refractivity contribution in [2.24, 2.45) is 5.73 Å². The number of hydrogen-bond acceptors (Lipinski definition) is 5. The van der Waals surface area contributed by atoms with E-state index in [0.717, 1.165) is 13.5 Å². The first kappa shape index (κ1) is 15.1. The van der Waals surface area contributed by atoms with Gasteiger partial charge in [0.15, 0.2) is 0 Å². The van der Waals surface area contributed by atoms with Gasteiger partial charge in [0.05, 0.1) is 8.68 Å². The van der Waals surface area contributed by atoms with Gasteiger partial charge in [-0.1, -0.05) is 0 Å². The lowest BCUT2D eigenvalue weighted by atomic mass is 10.3. The molecular formula is C11H13BrN2O2S3. The van der Waals surface area contributed by atoms with Crippen molar-refractivity contribution in [2.75, 3.05) is 6.54 Å². The predicted octanol–water partition coefficient (Wildman–Crippen LogP) is 2.55. The van der Waals surface area contributed by atoms with Crippen molar-refractivity contribution in [3.8, 4) is 0 Å². The summed E-state index contributed by atoms with van der Waals surface area (Å²) >= 11 is 6.35. The maximum Gasteiger partial charge on any atom is 0.241 e. The summed E-state index contributed by atoms with van der Waals surface area (Å²) in [6, 6.07) is 5.57. The summed E-state index contributed by atoms with van der Waals surface area (Å²) in [6.45, 7) is 0.756. The number of nitrogens with one attached hydrogen (secondary N) is 1. The fourth-order valence-electron chi connectivity index (χ4n) is 1.49. The molecule has 0 saturated carbocycles. The number of halogens is 1. The van der Waals surface area contributed by atoms with Gasteiger partial charge in [-0.15, -0.1) is 22.7 Å². The number of rotatable bonds is 6. The van der Waals surface area contributed by atoms with Crippen LogP contribution in [0.1, 0.15) is 9.75 Å². The van der Waals surface area contributed by atoms with Gasteiger partial charge in [-0.25, -0.2) is 13.1 Å². The number of thiophene rings is 2. The first-order valence-corrected chi connectivity index (χ1v) is 9.50. The molecule has 0 aliphatic heterocycles. The van der Waals surface area contributed by atoms with Crippen molar-refractivity contribution < 1.29 is 8.42 Å².